The Morgan fingerprint density at radius 2 is 1.57 bits per heavy atom. The summed E-state index contributed by atoms with van der Waals surface area (Å²) in [6.07, 6.45) is 0. The third kappa shape index (κ3) is 1.54. The molecule has 0 saturated heterocycles. The second kappa shape index (κ2) is 3.69. The summed E-state index contributed by atoms with van der Waals surface area (Å²) in [5, 5.41) is 8.55. The molecule has 0 radical (unpaired) electrons. The Morgan fingerprint density at radius 3 is 2.00 bits per heavy atom. The molecule has 1 nitrogen and oxygen atoms in total. The van der Waals surface area contributed by atoms with Crippen LogP contribution in [-0.2, 0) is 0 Å². The summed E-state index contributed by atoms with van der Waals surface area (Å²) in [4.78, 5) is 0. The van der Waals surface area contributed by atoms with Crippen molar-refractivity contribution in [3.05, 3.63) is 28.0 Å². The van der Waals surface area contributed by atoms with Gasteiger partial charge in [-0.15, -0.1) is 0 Å². The van der Waals surface area contributed by atoms with Crippen molar-refractivity contribution in [1.82, 2.24) is 0 Å². The molecule has 0 aliphatic rings. The first-order valence-electron chi connectivity index (χ1n) is 3.92. The summed E-state index contributed by atoms with van der Waals surface area (Å²) in [6, 6.07) is 0. The number of hydrogen-bond donors (Lipinski definition) is 1. The van der Waals surface area contributed by atoms with Crippen LogP contribution in [-0.4, -0.2) is 5.11 Å². The topological polar surface area (TPSA) is 20.2 Å². The van der Waals surface area contributed by atoms with E-state index in [0.29, 0.717) is 0 Å². The van der Waals surface area contributed by atoms with E-state index in [1.54, 1.807) is 13.8 Å². The zero-order chi connectivity index (χ0) is 11.0. The van der Waals surface area contributed by atoms with Crippen LogP contribution >= 0.6 is 11.6 Å². The zero-order valence-electron chi connectivity index (χ0n) is 7.54. The van der Waals surface area contributed by atoms with Crippen LogP contribution in [0.1, 0.15) is 25.3 Å². The van der Waals surface area contributed by atoms with Crippen LogP contribution in [0.4, 0.5) is 13.2 Å². The Balaban J connectivity index is 3.60. The third-order valence-corrected chi connectivity index (χ3v) is 2.23. The van der Waals surface area contributed by atoms with Gasteiger partial charge in [0.25, 0.3) is 0 Å². The highest BCUT2D eigenvalue weighted by atomic mass is 35.5. The maximum absolute atomic E-state index is 13.1. The van der Waals surface area contributed by atoms with Crippen LogP contribution in [0.5, 0.6) is 5.75 Å². The van der Waals surface area contributed by atoms with Gasteiger partial charge in [-0.1, -0.05) is 25.4 Å². The van der Waals surface area contributed by atoms with E-state index in [2.05, 4.69) is 0 Å². The number of phenolic OH excluding ortho intramolecular Hbond substituents is 1. The van der Waals surface area contributed by atoms with Gasteiger partial charge in [0.2, 0.25) is 5.82 Å². The van der Waals surface area contributed by atoms with Crippen molar-refractivity contribution in [2.24, 2.45) is 0 Å². The second-order valence-corrected chi connectivity index (χ2v) is 3.55. The summed E-state index contributed by atoms with van der Waals surface area (Å²) in [7, 11) is 0. The lowest BCUT2D eigenvalue weighted by Crippen LogP contribution is -2.01. The van der Waals surface area contributed by atoms with Crippen LogP contribution in [0.15, 0.2) is 0 Å². The number of phenols is 1. The van der Waals surface area contributed by atoms with E-state index in [1.807, 2.05) is 0 Å². The number of benzene rings is 1. The van der Waals surface area contributed by atoms with Crippen LogP contribution in [0.25, 0.3) is 0 Å². The van der Waals surface area contributed by atoms with Crippen molar-refractivity contribution in [3.63, 3.8) is 0 Å². The molecule has 78 valence electrons. The molecular weight excluding hydrogens is 217 g/mol. The lowest BCUT2D eigenvalue weighted by molar-refractivity contribution is 0.382. The molecule has 1 N–H and O–H groups in total. The van der Waals surface area contributed by atoms with Gasteiger partial charge in [0.05, 0.1) is 5.02 Å². The van der Waals surface area contributed by atoms with Crippen molar-refractivity contribution in [2.75, 3.05) is 0 Å². The Kier molecular flexibility index (Phi) is 2.95. The Hall–Kier alpha value is -0.900. The smallest absolute Gasteiger partial charge is 0.205 e. The van der Waals surface area contributed by atoms with Gasteiger partial charge in [0.1, 0.15) is 0 Å². The van der Waals surface area contributed by atoms with Gasteiger partial charge in [-0.25, -0.2) is 8.78 Å². The molecule has 1 aromatic carbocycles. The fraction of sp³-hybridized carbons (Fsp3) is 0.333. The van der Waals surface area contributed by atoms with Gasteiger partial charge in [-0.2, -0.15) is 4.39 Å². The molecule has 0 fully saturated rings. The maximum Gasteiger partial charge on any atom is 0.205 e. The molecule has 0 saturated carbocycles. The minimum Gasteiger partial charge on any atom is -0.504 e. The van der Waals surface area contributed by atoms with Crippen LogP contribution < -0.4 is 0 Å². The minimum atomic E-state index is -1.70. The lowest BCUT2D eigenvalue weighted by atomic mass is 10.0. The van der Waals surface area contributed by atoms with E-state index in [1.165, 1.54) is 0 Å². The van der Waals surface area contributed by atoms with Crippen molar-refractivity contribution in [2.45, 2.75) is 19.8 Å². The summed E-state index contributed by atoms with van der Waals surface area (Å²) in [6.45, 7) is 3.11. The second-order valence-electron chi connectivity index (χ2n) is 3.17. The summed E-state index contributed by atoms with van der Waals surface area (Å²) < 4.78 is 38.7. The van der Waals surface area contributed by atoms with Crippen LogP contribution in [0, 0.1) is 17.5 Å². The van der Waals surface area contributed by atoms with Crippen LogP contribution in [0.2, 0.25) is 5.02 Å². The molecule has 14 heavy (non-hydrogen) atoms. The molecule has 0 amide bonds. The van der Waals surface area contributed by atoms with Gasteiger partial charge in [0, 0.05) is 5.56 Å². The largest absolute Gasteiger partial charge is 0.504 e. The quantitative estimate of drug-likeness (QED) is 0.571. The van der Waals surface area contributed by atoms with E-state index in [9.17, 15) is 13.2 Å². The minimum absolute atomic E-state index is 0.219. The molecule has 0 heterocycles. The molecule has 0 spiro atoms. The summed E-state index contributed by atoms with van der Waals surface area (Å²) in [5.74, 6) is -6.19. The maximum atomic E-state index is 13.1. The molecular formula is C9H8ClF3O. The van der Waals surface area contributed by atoms with Crippen molar-refractivity contribution >= 4 is 11.6 Å². The Morgan fingerprint density at radius 1 is 1.07 bits per heavy atom. The molecule has 0 aromatic heterocycles. The first-order valence-corrected chi connectivity index (χ1v) is 4.30. The Labute approximate surface area is 84.1 Å². The molecule has 1 aromatic rings. The number of hydrogen-bond acceptors (Lipinski definition) is 1. The van der Waals surface area contributed by atoms with Crippen molar-refractivity contribution < 1.29 is 18.3 Å². The van der Waals surface area contributed by atoms with Crippen LogP contribution in [0.3, 0.4) is 0 Å². The van der Waals surface area contributed by atoms with Gasteiger partial charge in [-0.3, -0.25) is 0 Å². The third-order valence-electron chi connectivity index (χ3n) is 1.85. The molecule has 0 aliphatic heterocycles. The molecule has 0 atom stereocenters. The normalized spacial score (nSPS) is 11.1. The molecule has 5 heteroatoms. The van der Waals surface area contributed by atoms with Gasteiger partial charge in [0.15, 0.2) is 17.4 Å². The van der Waals surface area contributed by atoms with E-state index in [0.717, 1.165) is 0 Å². The average molecular weight is 225 g/mol. The molecule has 0 aliphatic carbocycles. The lowest BCUT2D eigenvalue weighted by Gasteiger charge is -2.12. The van der Waals surface area contributed by atoms with E-state index < -0.39 is 34.1 Å². The highest BCUT2D eigenvalue weighted by molar-refractivity contribution is 6.32. The Bertz CT molecular complexity index is 348. The fourth-order valence-electron chi connectivity index (χ4n) is 1.15. The van der Waals surface area contributed by atoms with Gasteiger partial charge < -0.3 is 5.11 Å². The number of rotatable bonds is 1. The van der Waals surface area contributed by atoms with Gasteiger partial charge >= 0.3 is 0 Å². The van der Waals surface area contributed by atoms with E-state index >= 15 is 0 Å². The highest BCUT2D eigenvalue weighted by Gasteiger charge is 2.24. The standard InChI is InChI=1S/C9H8ClF3O/c1-3(2)4-5(10)9(14)8(13)7(12)6(4)11/h3,14H,1-2H3. The first-order chi connectivity index (χ1) is 6.37. The number of aromatic hydroxyl groups is 1. The van der Waals surface area contributed by atoms with Crippen molar-refractivity contribution in [3.8, 4) is 5.75 Å². The average Bonchev–Trinajstić information content (AvgIpc) is 2.11. The van der Waals surface area contributed by atoms with Gasteiger partial charge in [-0.05, 0) is 5.92 Å². The first kappa shape index (κ1) is 11.2. The van der Waals surface area contributed by atoms with Crippen molar-refractivity contribution in [1.29, 1.82) is 0 Å². The molecule has 0 bridgehead atoms. The number of halogens is 4. The summed E-state index contributed by atoms with van der Waals surface area (Å²) in [5.41, 5.74) is -0.219. The van der Waals surface area contributed by atoms with E-state index in [-0.39, 0.29) is 5.56 Å². The predicted molar refractivity (Wildman–Crippen MR) is 47.1 cm³/mol. The molecule has 1 rings (SSSR count). The predicted octanol–water partition coefficient (Wildman–Crippen LogP) is 3.59. The summed E-state index contributed by atoms with van der Waals surface area (Å²) >= 11 is 5.47. The zero-order valence-corrected chi connectivity index (χ0v) is 8.29. The monoisotopic (exact) mass is 224 g/mol. The molecule has 0 unspecified atom stereocenters. The SMILES string of the molecule is CC(C)c1c(F)c(F)c(F)c(O)c1Cl. The highest BCUT2D eigenvalue weighted by Crippen LogP contribution is 2.37. The fourth-order valence-corrected chi connectivity index (χ4v) is 1.53. The van der Waals surface area contributed by atoms with E-state index in [4.69, 9.17) is 16.7 Å².